The van der Waals surface area contributed by atoms with Crippen molar-refractivity contribution < 1.29 is 9.53 Å². The SMILES string of the molecule is C[C@@H]1CNC[C@H]1C(=O)NC1CCOC(C)(C)C1. The lowest BCUT2D eigenvalue weighted by molar-refractivity contribution is -0.128. The molecule has 0 bridgehead atoms. The predicted octanol–water partition coefficient (Wildman–Crippen LogP) is 0.916. The normalized spacial score (nSPS) is 36.8. The maximum atomic E-state index is 12.1. The second-order valence-electron chi connectivity index (χ2n) is 6.05. The summed E-state index contributed by atoms with van der Waals surface area (Å²) in [5, 5.41) is 6.46. The highest BCUT2D eigenvalue weighted by Crippen LogP contribution is 2.25. The standard InChI is InChI=1S/C13H24N2O2/c1-9-7-14-8-11(9)12(16)15-10-4-5-17-13(2,3)6-10/h9-11,14H,4-8H2,1-3H3,(H,15,16)/t9-,10?,11-/m1/s1. The minimum Gasteiger partial charge on any atom is -0.375 e. The molecule has 4 nitrogen and oxygen atoms in total. The van der Waals surface area contributed by atoms with Gasteiger partial charge in [0.05, 0.1) is 11.5 Å². The summed E-state index contributed by atoms with van der Waals surface area (Å²) in [6, 6.07) is 0.277. The first-order chi connectivity index (χ1) is 7.98. The fourth-order valence-electron chi connectivity index (χ4n) is 2.82. The van der Waals surface area contributed by atoms with Crippen LogP contribution in [0.15, 0.2) is 0 Å². The molecule has 3 atom stereocenters. The number of rotatable bonds is 2. The zero-order chi connectivity index (χ0) is 12.5. The number of amides is 1. The van der Waals surface area contributed by atoms with Crippen LogP contribution in [0.3, 0.4) is 0 Å². The molecule has 2 saturated heterocycles. The topological polar surface area (TPSA) is 50.4 Å². The Morgan fingerprint density at radius 3 is 2.76 bits per heavy atom. The third-order valence-electron chi connectivity index (χ3n) is 3.90. The van der Waals surface area contributed by atoms with Gasteiger partial charge in [-0.3, -0.25) is 4.79 Å². The molecule has 0 spiro atoms. The van der Waals surface area contributed by atoms with E-state index in [4.69, 9.17) is 4.74 Å². The van der Waals surface area contributed by atoms with Crippen LogP contribution < -0.4 is 10.6 Å². The largest absolute Gasteiger partial charge is 0.375 e. The molecule has 2 fully saturated rings. The van der Waals surface area contributed by atoms with Crippen molar-refractivity contribution in [3.63, 3.8) is 0 Å². The maximum Gasteiger partial charge on any atom is 0.224 e. The molecular formula is C13H24N2O2. The minimum absolute atomic E-state index is 0.101. The summed E-state index contributed by atoms with van der Waals surface area (Å²) < 4.78 is 5.66. The lowest BCUT2D eigenvalue weighted by Gasteiger charge is -2.36. The van der Waals surface area contributed by atoms with E-state index >= 15 is 0 Å². The zero-order valence-corrected chi connectivity index (χ0v) is 11.1. The van der Waals surface area contributed by atoms with E-state index in [9.17, 15) is 4.79 Å². The van der Waals surface area contributed by atoms with Gasteiger partial charge >= 0.3 is 0 Å². The molecule has 0 aromatic heterocycles. The fourth-order valence-corrected chi connectivity index (χ4v) is 2.82. The van der Waals surface area contributed by atoms with E-state index in [2.05, 4.69) is 31.4 Å². The number of hydrogen-bond donors (Lipinski definition) is 2. The smallest absolute Gasteiger partial charge is 0.224 e. The monoisotopic (exact) mass is 240 g/mol. The van der Waals surface area contributed by atoms with Crippen molar-refractivity contribution in [3.8, 4) is 0 Å². The summed E-state index contributed by atoms with van der Waals surface area (Å²) in [4.78, 5) is 12.1. The highest BCUT2D eigenvalue weighted by Gasteiger charge is 2.34. The Labute approximate surface area is 103 Å². The number of carbonyl (C=O) groups is 1. The molecule has 0 saturated carbocycles. The molecule has 17 heavy (non-hydrogen) atoms. The van der Waals surface area contributed by atoms with Crippen LogP contribution in [0.1, 0.15) is 33.6 Å². The minimum atomic E-state index is -0.101. The van der Waals surface area contributed by atoms with Crippen molar-refractivity contribution in [3.05, 3.63) is 0 Å². The second kappa shape index (κ2) is 4.94. The van der Waals surface area contributed by atoms with E-state index in [1.54, 1.807) is 0 Å². The van der Waals surface area contributed by atoms with E-state index in [1.165, 1.54) is 0 Å². The Balaban J connectivity index is 1.86. The van der Waals surface area contributed by atoms with Crippen molar-refractivity contribution in [2.45, 2.75) is 45.3 Å². The number of hydrogen-bond acceptors (Lipinski definition) is 3. The van der Waals surface area contributed by atoms with Gasteiger partial charge < -0.3 is 15.4 Å². The summed E-state index contributed by atoms with van der Waals surface area (Å²) in [5.41, 5.74) is -0.101. The van der Waals surface area contributed by atoms with Crippen molar-refractivity contribution in [1.29, 1.82) is 0 Å². The molecule has 2 heterocycles. The highest BCUT2D eigenvalue weighted by molar-refractivity contribution is 5.79. The molecule has 4 heteroatoms. The van der Waals surface area contributed by atoms with Gasteiger partial charge in [-0.2, -0.15) is 0 Å². The molecular weight excluding hydrogens is 216 g/mol. The van der Waals surface area contributed by atoms with E-state index in [0.29, 0.717) is 5.92 Å². The van der Waals surface area contributed by atoms with Crippen LogP contribution in [0.5, 0.6) is 0 Å². The Kier molecular flexibility index (Phi) is 3.73. The maximum absolute atomic E-state index is 12.1. The molecule has 2 aliphatic heterocycles. The number of nitrogens with one attached hydrogen (secondary N) is 2. The van der Waals surface area contributed by atoms with E-state index in [0.717, 1.165) is 32.5 Å². The van der Waals surface area contributed by atoms with Crippen molar-refractivity contribution in [2.24, 2.45) is 11.8 Å². The molecule has 0 aromatic carbocycles. The summed E-state index contributed by atoms with van der Waals surface area (Å²) in [6.07, 6.45) is 1.84. The van der Waals surface area contributed by atoms with Crippen LogP contribution in [-0.2, 0) is 9.53 Å². The fraction of sp³-hybridized carbons (Fsp3) is 0.923. The van der Waals surface area contributed by atoms with Crippen molar-refractivity contribution >= 4 is 5.91 Å². The molecule has 1 unspecified atom stereocenters. The average Bonchev–Trinajstić information content (AvgIpc) is 2.62. The number of ether oxygens (including phenoxy) is 1. The quantitative estimate of drug-likeness (QED) is 0.754. The third-order valence-corrected chi connectivity index (χ3v) is 3.90. The number of carbonyl (C=O) groups excluding carboxylic acids is 1. The summed E-state index contributed by atoms with van der Waals surface area (Å²) in [5.74, 6) is 0.800. The van der Waals surface area contributed by atoms with Crippen LogP contribution in [-0.4, -0.2) is 37.2 Å². The van der Waals surface area contributed by atoms with Gasteiger partial charge in [0.2, 0.25) is 5.91 Å². The molecule has 0 aliphatic carbocycles. The average molecular weight is 240 g/mol. The predicted molar refractivity (Wildman–Crippen MR) is 66.7 cm³/mol. The lowest BCUT2D eigenvalue weighted by Crippen LogP contribution is -2.48. The van der Waals surface area contributed by atoms with E-state index < -0.39 is 0 Å². The van der Waals surface area contributed by atoms with Gasteiger partial charge in [-0.05, 0) is 39.2 Å². The molecule has 98 valence electrons. The van der Waals surface area contributed by atoms with Crippen LogP contribution >= 0.6 is 0 Å². The molecule has 2 rings (SSSR count). The molecule has 2 aliphatic rings. The Morgan fingerprint density at radius 2 is 2.18 bits per heavy atom. The second-order valence-corrected chi connectivity index (χ2v) is 6.05. The molecule has 0 radical (unpaired) electrons. The highest BCUT2D eigenvalue weighted by atomic mass is 16.5. The van der Waals surface area contributed by atoms with Crippen LogP contribution in [0.4, 0.5) is 0 Å². The van der Waals surface area contributed by atoms with Crippen molar-refractivity contribution in [2.75, 3.05) is 19.7 Å². The van der Waals surface area contributed by atoms with E-state index in [-0.39, 0.29) is 23.5 Å². The first-order valence-electron chi connectivity index (χ1n) is 6.63. The lowest BCUT2D eigenvalue weighted by atomic mass is 9.92. The van der Waals surface area contributed by atoms with Gasteiger partial charge in [0.25, 0.3) is 0 Å². The van der Waals surface area contributed by atoms with E-state index in [1.807, 2.05) is 0 Å². The first kappa shape index (κ1) is 12.8. The van der Waals surface area contributed by atoms with Crippen LogP contribution in [0.25, 0.3) is 0 Å². The Bertz CT molecular complexity index is 291. The summed E-state index contributed by atoms with van der Waals surface area (Å²) >= 11 is 0. The van der Waals surface area contributed by atoms with Gasteiger partial charge in [-0.1, -0.05) is 6.92 Å². The molecule has 2 N–H and O–H groups in total. The zero-order valence-electron chi connectivity index (χ0n) is 11.1. The molecule has 0 aromatic rings. The van der Waals surface area contributed by atoms with Gasteiger partial charge in [0, 0.05) is 19.2 Å². The van der Waals surface area contributed by atoms with Crippen LogP contribution in [0.2, 0.25) is 0 Å². The Morgan fingerprint density at radius 1 is 1.41 bits per heavy atom. The van der Waals surface area contributed by atoms with Crippen LogP contribution in [0, 0.1) is 11.8 Å². The summed E-state index contributed by atoms with van der Waals surface area (Å²) in [7, 11) is 0. The van der Waals surface area contributed by atoms with Gasteiger partial charge in [-0.15, -0.1) is 0 Å². The van der Waals surface area contributed by atoms with Crippen molar-refractivity contribution in [1.82, 2.24) is 10.6 Å². The van der Waals surface area contributed by atoms with Gasteiger partial charge in [-0.25, -0.2) is 0 Å². The van der Waals surface area contributed by atoms with Gasteiger partial charge in [0.15, 0.2) is 0 Å². The third kappa shape index (κ3) is 3.19. The summed E-state index contributed by atoms with van der Waals surface area (Å²) in [6.45, 7) is 8.84. The molecule has 1 amide bonds. The first-order valence-corrected chi connectivity index (χ1v) is 6.63. The Hall–Kier alpha value is -0.610. The van der Waals surface area contributed by atoms with Gasteiger partial charge in [0.1, 0.15) is 0 Å².